The van der Waals surface area contributed by atoms with Gasteiger partial charge in [0, 0.05) is 23.2 Å². The maximum absolute atomic E-state index is 14.3. The Bertz CT molecular complexity index is 1270. The zero-order valence-corrected chi connectivity index (χ0v) is 31.6. The van der Waals surface area contributed by atoms with Gasteiger partial charge in [-0.1, -0.05) is 109 Å². The van der Waals surface area contributed by atoms with Crippen molar-refractivity contribution in [2.75, 3.05) is 6.61 Å². The van der Waals surface area contributed by atoms with Gasteiger partial charge in [0.15, 0.2) is 24.3 Å². The van der Waals surface area contributed by atoms with Gasteiger partial charge in [-0.2, -0.15) is 0 Å². The minimum atomic E-state index is -1.27. The Morgan fingerprint density at radius 3 is 2.34 bits per heavy atom. The topological polar surface area (TPSA) is 99.1 Å². The lowest BCUT2D eigenvalue weighted by atomic mass is 9.46. The zero-order chi connectivity index (χ0) is 35.8. The number of esters is 1. The molecule has 1 heterocycles. The monoisotopic (exact) mass is 694 g/mol. The molecule has 0 aromatic rings. The van der Waals surface area contributed by atoms with Gasteiger partial charge in [-0.3, -0.25) is 14.4 Å². The molecule has 280 valence electrons. The molecular formula is C43H66O7. The summed E-state index contributed by atoms with van der Waals surface area (Å²) in [7, 11) is 0. The van der Waals surface area contributed by atoms with Crippen molar-refractivity contribution in [2.24, 2.45) is 28.6 Å². The number of Topliss-reactive ketones (excluding diaryl/α,β-unsaturated/α-hetero) is 1. The molecule has 0 aromatic heterocycles. The van der Waals surface area contributed by atoms with E-state index in [2.05, 4.69) is 39.8 Å². The number of carbonyl (C=O) groups excluding carboxylic acids is 3. The minimum absolute atomic E-state index is 0.0146. The van der Waals surface area contributed by atoms with Crippen LogP contribution >= 0.6 is 0 Å². The van der Waals surface area contributed by atoms with Gasteiger partial charge in [-0.25, -0.2) is 0 Å². The normalized spacial score (nSPS) is 35.8. The van der Waals surface area contributed by atoms with Gasteiger partial charge in [0.25, 0.3) is 0 Å². The average molecular weight is 695 g/mol. The van der Waals surface area contributed by atoms with Crippen LogP contribution < -0.4 is 0 Å². The third-order valence-electron chi connectivity index (χ3n) is 13.2. The summed E-state index contributed by atoms with van der Waals surface area (Å²) >= 11 is 0. The summed E-state index contributed by atoms with van der Waals surface area (Å²) in [5.74, 6) is -0.380. The van der Waals surface area contributed by atoms with Crippen molar-refractivity contribution in [1.82, 2.24) is 0 Å². The Labute approximate surface area is 302 Å². The number of aliphatic hydroxyl groups excluding tert-OH is 1. The van der Waals surface area contributed by atoms with Gasteiger partial charge in [0.1, 0.15) is 0 Å². The number of hydrogen-bond acceptors (Lipinski definition) is 7. The van der Waals surface area contributed by atoms with Crippen molar-refractivity contribution in [3.63, 3.8) is 0 Å². The molecule has 1 aliphatic heterocycles. The van der Waals surface area contributed by atoms with Gasteiger partial charge < -0.3 is 19.3 Å². The Kier molecular flexibility index (Phi) is 13.8. The van der Waals surface area contributed by atoms with Crippen molar-refractivity contribution < 1.29 is 33.7 Å². The highest BCUT2D eigenvalue weighted by molar-refractivity contribution is 6.01. The van der Waals surface area contributed by atoms with E-state index in [1.807, 2.05) is 6.08 Å². The number of ketones is 2. The highest BCUT2D eigenvalue weighted by Gasteiger charge is 2.75. The molecule has 1 saturated heterocycles. The van der Waals surface area contributed by atoms with E-state index in [4.69, 9.17) is 14.2 Å². The van der Waals surface area contributed by atoms with Gasteiger partial charge in [0.2, 0.25) is 5.78 Å². The number of carbonyl (C=O) groups is 3. The van der Waals surface area contributed by atoms with E-state index in [1.165, 1.54) is 57.8 Å². The predicted molar refractivity (Wildman–Crippen MR) is 196 cm³/mol. The van der Waals surface area contributed by atoms with Crippen molar-refractivity contribution in [2.45, 2.75) is 180 Å². The molecule has 3 saturated carbocycles. The van der Waals surface area contributed by atoms with Crippen LogP contribution in [0.5, 0.6) is 0 Å². The summed E-state index contributed by atoms with van der Waals surface area (Å²) in [5, 5.41) is 11.9. The van der Waals surface area contributed by atoms with Crippen LogP contribution in [-0.4, -0.2) is 53.3 Å². The van der Waals surface area contributed by atoms with Crippen molar-refractivity contribution in [3.05, 3.63) is 36.0 Å². The number of hydrogen-bond donors (Lipinski definition) is 1. The first-order valence-electron chi connectivity index (χ1n) is 20.4. The Hall–Kier alpha value is -2.09. The van der Waals surface area contributed by atoms with Crippen molar-refractivity contribution >= 4 is 17.5 Å². The van der Waals surface area contributed by atoms with Crippen molar-refractivity contribution in [1.29, 1.82) is 0 Å². The first-order chi connectivity index (χ1) is 24.1. The molecule has 0 aromatic carbocycles. The highest BCUT2D eigenvalue weighted by Crippen LogP contribution is 2.69. The smallest absolute Gasteiger partial charge is 0.306 e. The zero-order valence-electron chi connectivity index (χ0n) is 31.6. The maximum atomic E-state index is 14.3. The van der Waals surface area contributed by atoms with Crippen LogP contribution in [-0.2, 0) is 28.6 Å². The van der Waals surface area contributed by atoms with Crippen LogP contribution in [0.3, 0.4) is 0 Å². The third-order valence-corrected chi connectivity index (χ3v) is 13.2. The first-order valence-corrected chi connectivity index (χ1v) is 20.4. The van der Waals surface area contributed by atoms with Crippen LogP contribution in [0.4, 0.5) is 0 Å². The molecule has 0 bridgehead atoms. The van der Waals surface area contributed by atoms with E-state index in [1.54, 1.807) is 12.2 Å². The second-order valence-electron chi connectivity index (χ2n) is 16.6. The Balaban J connectivity index is 1.10. The Morgan fingerprint density at radius 1 is 0.960 bits per heavy atom. The molecule has 5 aliphatic rings. The van der Waals surface area contributed by atoms with E-state index in [0.717, 1.165) is 50.5 Å². The minimum Gasteiger partial charge on any atom is -0.458 e. The number of rotatable bonds is 20. The van der Waals surface area contributed by atoms with E-state index in [0.29, 0.717) is 25.7 Å². The van der Waals surface area contributed by atoms with Crippen LogP contribution in [0.15, 0.2) is 36.0 Å². The number of ether oxygens (including phenoxy) is 3. The fourth-order valence-corrected chi connectivity index (χ4v) is 10.7. The molecule has 9 atom stereocenters. The largest absolute Gasteiger partial charge is 0.458 e. The summed E-state index contributed by atoms with van der Waals surface area (Å²) in [4.78, 5) is 39.4. The molecule has 50 heavy (non-hydrogen) atoms. The number of allylic oxidation sites excluding steroid dienone is 6. The number of fused-ring (bicyclic) bond motifs is 7. The average Bonchev–Trinajstić information content (AvgIpc) is 3.57. The summed E-state index contributed by atoms with van der Waals surface area (Å²) in [5.41, 5.74) is -1.22. The van der Waals surface area contributed by atoms with E-state index in [-0.39, 0.29) is 41.9 Å². The molecule has 5 rings (SSSR count). The molecule has 0 radical (unpaired) electrons. The van der Waals surface area contributed by atoms with Crippen LogP contribution in [0.2, 0.25) is 0 Å². The maximum Gasteiger partial charge on any atom is 0.306 e. The Morgan fingerprint density at radius 2 is 1.64 bits per heavy atom. The molecule has 7 heteroatoms. The fraction of sp³-hybridized carbons (Fsp3) is 0.791. The first kappa shape index (κ1) is 39.1. The summed E-state index contributed by atoms with van der Waals surface area (Å²) < 4.78 is 18.8. The second kappa shape index (κ2) is 17.6. The number of unbranched alkanes of at least 4 members (excludes halogenated alkanes) is 11. The molecule has 1 N–H and O–H groups in total. The lowest BCUT2D eigenvalue weighted by Crippen LogP contribution is -2.63. The van der Waals surface area contributed by atoms with E-state index >= 15 is 0 Å². The summed E-state index contributed by atoms with van der Waals surface area (Å²) in [6.45, 7) is 8.25. The molecule has 4 aliphatic carbocycles. The molecule has 9 unspecified atom stereocenters. The molecule has 4 fully saturated rings. The molecule has 7 nitrogen and oxygen atoms in total. The molecule has 0 spiro atoms. The highest BCUT2D eigenvalue weighted by atomic mass is 16.7. The van der Waals surface area contributed by atoms with Crippen LogP contribution in [0.25, 0.3) is 0 Å². The quantitative estimate of drug-likeness (QED) is 0.0770. The lowest BCUT2D eigenvalue weighted by molar-refractivity contribution is -0.201. The predicted octanol–water partition coefficient (Wildman–Crippen LogP) is 9.31. The summed E-state index contributed by atoms with van der Waals surface area (Å²) in [6.07, 6.45) is 28.7. The molecule has 0 amide bonds. The molecular weight excluding hydrogens is 628 g/mol. The summed E-state index contributed by atoms with van der Waals surface area (Å²) in [6, 6.07) is 0. The van der Waals surface area contributed by atoms with Crippen LogP contribution in [0, 0.1) is 28.6 Å². The van der Waals surface area contributed by atoms with E-state index in [9.17, 15) is 19.5 Å². The van der Waals surface area contributed by atoms with Crippen molar-refractivity contribution in [3.8, 4) is 0 Å². The number of aliphatic hydroxyl groups is 1. The van der Waals surface area contributed by atoms with Crippen LogP contribution in [0.1, 0.15) is 156 Å². The van der Waals surface area contributed by atoms with Gasteiger partial charge in [-0.15, -0.1) is 0 Å². The standard InChI is InChI=1S/C43H66O7/c1-5-7-8-9-10-11-12-13-14-15-16-17-18-19-20-22-38(47)48-30-36(46)43-37(49-39(50-43)21-6-2)28-34-33-24-23-31-27-32(44)25-26-41(31,3)40(33)35(45)29-42(34,43)4/h16-17,25-27,33-35,37,39-40,45H,5-15,18-24,28-30H2,1-4H3/b17-16+. The van der Waals surface area contributed by atoms with Gasteiger partial charge in [-0.05, 0) is 88.2 Å². The van der Waals surface area contributed by atoms with Gasteiger partial charge >= 0.3 is 5.97 Å². The SMILES string of the molecule is CCCCCCCCCCC/C=C/CCCCC(=O)OCC(=O)C12OC(CCC)OC1CC1C3CCC4=CC(=O)C=CC4(C)C3C(O)CC12C. The van der Waals surface area contributed by atoms with Gasteiger partial charge in [0.05, 0.1) is 12.2 Å². The second-order valence-corrected chi connectivity index (χ2v) is 16.6. The lowest BCUT2D eigenvalue weighted by Gasteiger charge is -2.59. The fourth-order valence-electron chi connectivity index (χ4n) is 10.7. The third kappa shape index (κ3) is 8.10. The van der Waals surface area contributed by atoms with E-state index < -0.39 is 34.9 Å².